The van der Waals surface area contributed by atoms with Crippen molar-refractivity contribution < 1.29 is 15.0 Å². The minimum Gasteiger partial charge on any atom is -0.507 e. The van der Waals surface area contributed by atoms with E-state index in [1.54, 1.807) is 30.0 Å². The number of hydrogen-bond donors (Lipinski definition) is 2. The van der Waals surface area contributed by atoms with E-state index in [4.69, 9.17) is 4.98 Å². The average Bonchev–Trinajstić information content (AvgIpc) is 2.73. The van der Waals surface area contributed by atoms with Crippen LogP contribution in [-0.4, -0.2) is 63.3 Å². The van der Waals surface area contributed by atoms with Gasteiger partial charge in [-0.2, -0.15) is 0 Å². The summed E-state index contributed by atoms with van der Waals surface area (Å²) < 4.78 is 0. The number of piperazine rings is 1. The smallest absolute Gasteiger partial charge is 0.225 e. The molecule has 3 aromatic rings. The van der Waals surface area contributed by atoms with Gasteiger partial charge in [-0.3, -0.25) is 4.79 Å². The molecule has 29 heavy (non-hydrogen) atoms. The number of phenolic OH excluding ortho intramolecular Hbond substituents is 1. The number of rotatable bonds is 4. The van der Waals surface area contributed by atoms with Gasteiger partial charge in [0.2, 0.25) is 5.91 Å². The molecule has 0 radical (unpaired) electrons. The second-order valence-electron chi connectivity index (χ2n) is 7.33. The summed E-state index contributed by atoms with van der Waals surface area (Å²) in [7, 11) is 0. The predicted octanol–water partition coefficient (Wildman–Crippen LogP) is 2.42. The zero-order valence-electron chi connectivity index (χ0n) is 16.3. The highest BCUT2D eigenvalue weighted by Gasteiger charge is 2.24. The lowest BCUT2D eigenvalue weighted by molar-refractivity contribution is -0.133. The van der Waals surface area contributed by atoms with Crippen LogP contribution in [0.15, 0.2) is 48.5 Å². The van der Waals surface area contributed by atoms with Gasteiger partial charge in [-0.25, -0.2) is 9.97 Å². The maximum Gasteiger partial charge on any atom is 0.225 e. The molecule has 1 amide bonds. The molecule has 0 bridgehead atoms. The maximum absolute atomic E-state index is 12.2. The fourth-order valence-electron chi connectivity index (χ4n) is 3.63. The zero-order valence-corrected chi connectivity index (χ0v) is 16.3. The molecule has 0 saturated carbocycles. The highest BCUT2D eigenvalue weighted by molar-refractivity contribution is 5.91. The monoisotopic (exact) mass is 392 g/mol. The Kier molecular flexibility index (Phi) is 5.31. The topological polar surface area (TPSA) is 89.8 Å². The Balaban J connectivity index is 1.65. The number of amides is 1. The van der Waals surface area contributed by atoms with E-state index in [0.717, 1.165) is 16.7 Å². The first-order valence-corrected chi connectivity index (χ1v) is 9.79. The molecule has 4 rings (SSSR count). The van der Waals surface area contributed by atoms with Crippen molar-refractivity contribution >= 4 is 22.6 Å². The van der Waals surface area contributed by atoms with Gasteiger partial charge in [0, 0.05) is 31.6 Å². The number of aromatic nitrogens is 2. The third-order valence-electron chi connectivity index (χ3n) is 5.13. The molecule has 2 heterocycles. The Morgan fingerprint density at radius 3 is 2.45 bits per heavy atom. The van der Waals surface area contributed by atoms with Crippen LogP contribution in [0.2, 0.25) is 0 Å². The second kappa shape index (κ2) is 8.05. The van der Waals surface area contributed by atoms with Gasteiger partial charge in [0.15, 0.2) is 5.82 Å². The number of para-hydroxylation sites is 2. The Morgan fingerprint density at radius 2 is 1.72 bits per heavy atom. The highest BCUT2D eigenvalue weighted by atomic mass is 16.3. The van der Waals surface area contributed by atoms with Gasteiger partial charge in [-0.15, -0.1) is 0 Å². The molecule has 1 aliphatic heterocycles. The largest absolute Gasteiger partial charge is 0.507 e. The van der Waals surface area contributed by atoms with Crippen molar-refractivity contribution in [1.29, 1.82) is 0 Å². The summed E-state index contributed by atoms with van der Waals surface area (Å²) in [6, 6.07) is 14.9. The first kappa shape index (κ1) is 19.1. The van der Waals surface area contributed by atoms with Crippen molar-refractivity contribution in [3.8, 4) is 17.1 Å². The summed E-state index contributed by atoms with van der Waals surface area (Å²) >= 11 is 0. The van der Waals surface area contributed by atoms with Crippen molar-refractivity contribution in [2.75, 3.05) is 31.1 Å². The number of aromatic hydroxyl groups is 1. The van der Waals surface area contributed by atoms with Crippen LogP contribution in [0.3, 0.4) is 0 Å². The van der Waals surface area contributed by atoms with Gasteiger partial charge < -0.3 is 20.0 Å². The van der Waals surface area contributed by atoms with E-state index in [1.807, 2.05) is 30.3 Å². The second-order valence-corrected chi connectivity index (χ2v) is 7.33. The molecular formula is C22H24N4O3. The van der Waals surface area contributed by atoms with Crippen LogP contribution < -0.4 is 4.90 Å². The molecule has 2 aromatic carbocycles. The number of aliphatic hydroxyl groups is 1. The Bertz CT molecular complexity index is 1030. The van der Waals surface area contributed by atoms with E-state index < -0.39 is 6.10 Å². The molecular weight excluding hydrogens is 368 g/mol. The van der Waals surface area contributed by atoms with Gasteiger partial charge in [-0.05, 0) is 31.2 Å². The molecule has 0 spiro atoms. The summed E-state index contributed by atoms with van der Waals surface area (Å²) in [5.41, 5.74) is 1.40. The van der Waals surface area contributed by atoms with Gasteiger partial charge in [0.25, 0.3) is 0 Å². The van der Waals surface area contributed by atoms with Gasteiger partial charge in [0.05, 0.1) is 23.6 Å². The number of nitrogens with zero attached hydrogens (tertiary/aromatic N) is 4. The molecule has 7 heteroatoms. The van der Waals surface area contributed by atoms with Crippen molar-refractivity contribution in [3.63, 3.8) is 0 Å². The van der Waals surface area contributed by atoms with Gasteiger partial charge >= 0.3 is 0 Å². The van der Waals surface area contributed by atoms with Crippen molar-refractivity contribution in [2.45, 2.75) is 19.4 Å². The van der Waals surface area contributed by atoms with E-state index in [-0.39, 0.29) is 18.1 Å². The van der Waals surface area contributed by atoms with E-state index in [0.29, 0.717) is 37.6 Å². The summed E-state index contributed by atoms with van der Waals surface area (Å²) in [6.45, 7) is 4.08. The minimum atomic E-state index is -0.632. The quantitative estimate of drug-likeness (QED) is 0.709. The molecule has 7 nitrogen and oxygen atoms in total. The molecule has 1 aliphatic rings. The molecule has 1 aromatic heterocycles. The van der Waals surface area contributed by atoms with E-state index in [1.165, 1.54) is 0 Å². The van der Waals surface area contributed by atoms with Crippen LogP contribution in [0.4, 0.5) is 5.82 Å². The molecule has 0 aliphatic carbocycles. The van der Waals surface area contributed by atoms with E-state index in [2.05, 4.69) is 9.88 Å². The number of hydrogen-bond acceptors (Lipinski definition) is 6. The third-order valence-corrected chi connectivity index (χ3v) is 5.13. The minimum absolute atomic E-state index is 0.0258. The van der Waals surface area contributed by atoms with Crippen LogP contribution in [0.25, 0.3) is 22.3 Å². The fraction of sp³-hybridized carbons (Fsp3) is 0.318. The van der Waals surface area contributed by atoms with Crippen LogP contribution in [0.1, 0.15) is 13.3 Å². The molecule has 1 fully saturated rings. The zero-order chi connectivity index (χ0) is 20.4. The van der Waals surface area contributed by atoms with Crippen LogP contribution in [-0.2, 0) is 4.79 Å². The third kappa shape index (κ3) is 4.00. The van der Waals surface area contributed by atoms with Gasteiger partial charge in [-0.1, -0.05) is 24.3 Å². The van der Waals surface area contributed by atoms with Gasteiger partial charge in [0.1, 0.15) is 11.6 Å². The maximum atomic E-state index is 12.2. The molecule has 1 unspecified atom stereocenters. The Morgan fingerprint density at radius 1 is 1.03 bits per heavy atom. The van der Waals surface area contributed by atoms with Crippen LogP contribution >= 0.6 is 0 Å². The Labute approximate surface area is 169 Å². The number of carbonyl (C=O) groups excluding carboxylic acids is 1. The number of phenols is 1. The van der Waals surface area contributed by atoms with Crippen LogP contribution in [0.5, 0.6) is 5.75 Å². The van der Waals surface area contributed by atoms with E-state index >= 15 is 0 Å². The van der Waals surface area contributed by atoms with Crippen LogP contribution in [0, 0.1) is 0 Å². The average molecular weight is 392 g/mol. The summed E-state index contributed by atoms with van der Waals surface area (Å²) in [4.78, 5) is 25.6. The lowest BCUT2D eigenvalue weighted by atomic mass is 10.1. The summed E-state index contributed by atoms with van der Waals surface area (Å²) in [5.74, 6) is 1.39. The number of fused-ring (bicyclic) bond motifs is 1. The molecule has 1 saturated heterocycles. The first-order valence-electron chi connectivity index (χ1n) is 9.79. The number of anilines is 1. The lowest BCUT2D eigenvalue weighted by Gasteiger charge is -2.36. The number of benzene rings is 2. The number of carbonyl (C=O) groups is 1. The van der Waals surface area contributed by atoms with E-state index in [9.17, 15) is 15.0 Å². The van der Waals surface area contributed by atoms with Crippen molar-refractivity contribution in [3.05, 3.63) is 48.5 Å². The summed E-state index contributed by atoms with van der Waals surface area (Å²) in [5, 5.41) is 20.7. The molecule has 1 atom stereocenters. The SMILES string of the molecule is CC(O)CC(=O)N1CCN(c2nc(-c3ccccc3O)nc3ccccc23)CC1. The highest BCUT2D eigenvalue weighted by Crippen LogP contribution is 2.31. The number of aliphatic hydroxyl groups excluding tert-OH is 1. The fourth-order valence-corrected chi connectivity index (χ4v) is 3.63. The Hall–Kier alpha value is -3.19. The molecule has 150 valence electrons. The predicted molar refractivity (Wildman–Crippen MR) is 112 cm³/mol. The normalized spacial score (nSPS) is 15.5. The van der Waals surface area contributed by atoms with Crippen molar-refractivity contribution in [1.82, 2.24) is 14.9 Å². The van der Waals surface area contributed by atoms with Crippen molar-refractivity contribution in [2.24, 2.45) is 0 Å². The molecule has 2 N–H and O–H groups in total. The summed E-state index contributed by atoms with van der Waals surface area (Å²) in [6.07, 6.45) is -0.485. The lowest BCUT2D eigenvalue weighted by Crippen LogP contribution is -2.49. The standard InChI is InChI=1S/C22H24N4O3/c1-15(27)14-20(29)25-10-12-26(13-11-25)22-16-6-2-4-8-18(16)23-21(24-22)17-7-3-5-9-19(17)28/h2-9,15,27-28H,10-14H2,1H3. The first-order chi connectivity index (χ1) is 14.0.